The summed E-state index contributed by atoms with van der Waals surface area (Å²) in [6.07, 6.45) is 2.05. The summed E-state index contributed by atoms with van der Waals surface area (Å²) in [5.41, 5.74) is 8.59. The zero-order chi connectivity index (χ0) is 11.0. The summed E-state index contributed by atoms with van der Waals surface area (Å²) in [7, 11) is 0. The largest absolute Gasteiger partial charge is 0.303 e. The first-order valence-electron chi connectivity index (χ1n) is 5.08. The van der Waals surface area contributed by atoms with Crippen LogP contribution in [0.5, 0.6) is 0 Å². The second kappa shape index (κ2) is 3.84. The van der Waals surface area contributed by atoms with Gasteiger partial charge in [0.05, 0.1) is 5.69 Å². The second-order valence-electron chi connectivity index (χ2n) is 3.58. The SMILES string of the molecule is CSC1NNc2cc(-c3ccccc3)nn21. The molecule has 16 heavy (non-hydrogen) atoms. The summed E-state index contributed by atoms with van der Waals surface area (Å²) in [6, 6.07) is 12.3. The van der Waals surface area contributed by atoms with Crippen molar-refractivity contribution in [2.24, 2.45) is 0 Å². The third kappa shape index (κ3) is 1.48. The lowest BCUT2D eigenvalue weighted by atomic mass is 10.2. The monoisotopic (exact) mass is 232 g/mol. The summed E-state index contributed by atoms with van der Waals surface area (Å²) >= 11 is 1.71. The van der Waals surface area contributed by atoms with E-state index in [0.29, 0.717) is 0 Å². The third-order valence-electron chi connectivity index (χ3n) is 2.57. The fraction of sp³-hybridized carbons (Fsp3) is 0.182. The number of anilines is 1. The lowest BCUT2D eigenvalue weighted by molar-refractivity contribution is 0.604. The van der Waals surface area contributed by atoms with Gasteiger partial charge in [-0.25, -0.2) is 10.1 Å². The number of nitrogens with zero attached hydrogens (tertiary/aromatic N) is 2. The van der Waals surface area contributed by atoms with Gasteiger partial charge in [0.15, 0.2) is 5.50 Å². The molecule has 0 radical (unpaired) electrons. The Morgan fingerprint density at radius 1 is 1.31 bits per heavy atom. The molecule has 1 aliphatic heterocycles. The first-order valence-corrected chi connectivity index (χ1v) is 6.36. The van der Waals surface area contributed by atoms with Crippen LogP contribution < -0.4 is 10.9 Å². The minimum atomic E-state index is 0.174. The van der Waals surface area contributed by atoms with E-state index in [4.69, 9.17) is 0 Å². The number of nitrogens with one attached hydrogen (secondary N) is 2. The van der Waals surface area contributed by atoms with Gasteiger partial charge in [0.1, 0.15) is 5.82 Å². The Kier molecular flexibility index (Phi) is 2.34. The average molecular weight is 232 g/mol. The molecule has 1 aromatic heterocycles. The van der Waals surface area contributed by atoms with E-state index in [1.807, 2.05) is 22.9 Å². The van der Waals surface area contributed by atoms with Crippen LogP contribution in [0.15, 0.2) is 36.4 Å². The van der Waals surface area contributed by atoms with Crippen molar-refractivity contribution in [1.82, 2.24) is 15.2 Å². The first kappa shape index (κ1) is 9.74. The number of aromatic nitrogens is 2. The van der Waals surface area contributed by atoms with Crippen LogP contribution in [0, 0.1) is 0 Å². The highest BCUT2D eigenvalue weighted by Crippen LogP contribution is 2.30. The van der Waals surface area contributed by atoms with E-state index >= 15 is 0 Å². The number of fused-ring (bicyclic) bond motifs is 1. The molecule has 3 rings (SSSR count). The van der Waals surface area contributed by atoms with Crippen LogP contribution in [0.2, 0.25) is 0 Å². The van der Waals surface area contributed by atoms with Crippen molar-refractivity contribution in [2.45, 2.75) is 5.50 Å². The molecule has 2 aromatic rings. The minimum absolute atomic E-state index is 0.174. The molecule has 1 atom stereocenters. The molecule has 1 unspecified atom stereocenters. The number of hydrogen-bond acceptors (Lipinski definition) is 4. The molecular weight excluding hydrogens is 220 g/mol. The van der Waals surface area contributed by atoms with Crippen LogP contribution >= 0.6 is 11.8 Å². The Bertz CT molecular complexity index is 494. The van der Waals surface area contributed by atoms with Crippen LogP contribution in [0.3, 0.4) is 0 Å². The highest BCUT2D eigenvalue weighted by atomic mass is 32.2. The number of rotatable bonds is 2. The highest BCUT2D eigenvalue weighted by molar-refractivity contribution is 7.98. The molecular formula is C11H12N4S. The molecule has 0 spiro atoms. The summed E-state index contributed by atoms with van der Waals surface area (Å²) < 4.78 is 1.97. The van der Waals surface area contributed by atoms with E-state index in [9.17, 15) is 0 Å². The van der Waals surface area contributed by atoms with Crippen molar-refractivity contribution in [1.29, 1.82) is 0 Å². The van der Waals surface area contributed by atoms with Gasteiger partial charge in [0.2, 0.25) is 0 Å². The van der Waals surface area contributed by atoms with Crippen LogP contribution in [-0.4, -0.2) is 16.0 Å². The van der Waals surface area contributed by atoms with Crippen molar-refractivity contribution in [3.8, 4) is 11.3 Å². The van der Waals surface area contributed by atoms with Gasteiger partial charge in [-0.2, -0.15) is 5.10 Å². The highest BCUT2D eigenvalue weighted by Gasteiger charge is 2.22. The number of benzene rings is 1. The second-order valence-corrected chi connectivity index (χ2v) is 4.50. The standard InChI is InChI=1S/C11H12N4S/c1-16-11-13-12-10-7-9(14-15(10)11)8-5-3-2-4-6-8/h2-7,11-13H,1H3. The molecule has 82 valence electrons. The van der Waals surface area contributed by atoms with Gasteiger partial charge < -0.3 is 5.43 Å². The van der Waals surface area contributed by atoms with Crippen LogP contribution in [0.1, 0.15) is 5.50 Å². The molecule has 0 amide bonds. The first-order chi connectivity index (χ1) is 7.88. The van der Waals surface area contributed by atoms with E-state index < -0.39 is 0 Å². The molecule has 1 aromatic carbocycles. The summed E-state index contributed by atoms with van der Waals surface area (Å²) in [6.45, 7) is 0. The van der Waals surface area contributed by atoms with Gasteiger partial charge in [0.25, 0.3) is 0 Å². The van der Waals surface area contributed by atoms with Gasteiger partial charge in [-0.3, -0.25) is 0 Å². The predicted octanol–water partition coefficient (Wildman–Crippen LogP) is 2.30. The number of hydrazine groups is 1. The van der Waals surface area contributed by atoms with Crippen molar-refractivity contribution in [3.05, 3.63) is 36.4 Å². The van der Waals surface area contributed by atoms with E-state index in [1.165, 1.54) is 0 Å². The van der Waals surface area contributed by atoms with E-state index in [0.717, 1.165) is 17.1 Å². The molecule has 2 N–H and O–H groups in total. The quantitative estimate of drug-likeness (QED) is 0.833. The minimum Gasteiger partial charge on any atom is -0.303 e. The van der Waals surface area contributed by atoms with Gasteiger partial charge in [-0.15, -0.1) is 11.8 Å². The summed E-state index contributed by atoms with van der Waals surface area (Å²) in [5.74, 6) is 1.01. The molecule has 4 nitrogen and oxygen atoms in total. The van der Waals surface area contributed by atoms with Crippen LogP contribution in [0.4, 0.5) is 5.82 Å². The van der Waals surface area contributed by atoms with Crippen molar-refractivity contribution >= 4 is 17.6 Å². The summed E-state index contributed by atoms with van der Waals surface area (Å²) in [4.78, 5) is 0. The summed E-state index contributed by atoms with van der Waals surface area (Å²) in [5, 5.41) is 4.58. The smallest absolute Gasteiger partial charge is 0.167 e. The maximum absolute atomic E-state index is 4.58. The van der Waals surface area contributed by atoms with E-state index in [-0.39, 0.29) is 5.50 Å². The lowest BCUT2D eigenvalue weighted by Crippen LogP contribution is -2.19. The zero-order valence-corrected chi connectivity index (χ0v) is 9.66. The van der Waals surface area contributed by atoms with Crippen molar-refractivity contribution in [2.75, 3.05) is 11.7 Å². The molecule has 0 bridgehead atoms. The van der Waals surface area contributed by atoms with E-state index in [1.54, 1.807) is 11.8 Å². The lowest BCUT2D eigenvalue weighted by Gasteiger charge is -2.06. The Balaban J connectivity index is 2.00. The van der Waals surface area contributed by atoms with Crippen LogP contribution in [-0.2, 0) is 0 Å². The van der Waals surface area contributed by atoms with Gasteiger partial charge in [-0.1, -0.05) is 30.3 Å². The fourth-order valence-electron chi connectivity index (χ4n) is 1.77. The molecule has 0 saturated heterocycles. The Morgan fingerprint density at radius 2 is 2.12 bits per heavy atom. The molecule has 0 aliphatic carbocycles. The topological polar surface area (TPSA) is 41.9 Å². The third-order valence-corrected chi connectivity index (χ3v) is 3.34. The molecule has 1 aliphatic rings. The molecule has 2 heterocycles. The van der Waals surface area contributed by atoms with Crippen molar-refractivity contribution < 1.29 is 0 Å². The maximum Gasteiger partial charge on any atom is 0.167 e. The Hall–Kier alpha value is -1.46. The zero-order valence-electron chi connectivity index (χ0n) is 8.84. The van der Waals surface area contributed by atoms with Gasteiger partial charge in [0, 0.05) is 11.6 Å². The fourth-order valence-corrected chi connectivity index (χ4v) is 2.31. The normalized spacial score (nSPS) is 18.2. The molecule has 0 saturated carbocycles. The predicted molar refractivity (Wildman–Crippen MR) is 67.0 cm³/mol. The average Bonchev–Trinajstić information content (AvgIpc) is 2.89. The van der Waals surface area contributed by atoms with Crippen LogP contribution in [0.25, 0.3) is 11.3 Å². The molecule has 0 fully saturated rings. The number of thioether (sulfide) groups is 1. The van der Waals surface area contributed by atoms with Gasteiger partial charge >= 0.3 is 0 Å². The van der Waals surface area contributed by atoms with Crippen molar-refractivity contribution in [3.63, 3.8) is 0 Å². The Labute approximate surface area is 98.0 Å². The number of hydrogen-bond donors (Lipinski definition) is 2. The van der Waals surface area contributed by atoms with Gasteiger partial charge in [-0.05, 0) is 6.26 Å². The molecule has 5 heteroatoms. The van der Waals surface area contributed by atoms with E-state index in [2.05, 4.69) is 40.4 Å². The maximum atomic E-state index is 4.58. The Morgan fingerprint density at radius 3 is 2.88 bits per heavy atom.